The summed E-state index contributed by atoms with van der Waals surface area (Å²) in [5, 5.41) is 8.95. The number of rotatable bonds is 4. The van der Waals surface area contributed by atoms with Crippen LogP contribution in [0.2, 0.25) is 0 Å². The molecule has 0 radical (unpaired) electrons. The molecule has 0 aromatic heterocycles. The molecule has 0 amide bonds. The minimum atomic E-state index is -0.712. The summed E-state index contributed by atoms with van der Waals surface area (Å²) >= 11 is 0. The highest BCUT2D eigenvalue weighted by Crippen LogP contribution is 2.25. The molecule has 0 spiro atoms. The van der Waals surface area contributed by atoms with Gasteiger partial charge in [0.05, 0.1) is 19.6 Å². The highest BCUT2D eigenvalue weighted by Gasteiger charge is 2.27. The van der Waals surface area contributed by atoms with E-state index in [-0.39, 0.29) is 12.5 Å². The standard InChI is InChI=1S/C14H25NO3/c16-14(17)9-13-11-18-8-7-15(13)10-12-5-3-1-2-4-6-12/h12-13H,1-11H2,(H,16,17). The summed E-state index contributed by atoms with van der Waals surface area (Å²) in [6, 6.07) is 0.0829. The van der Waals surface area contributed by atoms with Gasteiger partial charge < -0.3 is 9.84 Å². The number of carboxylic acids is 1. The van der Waals surface area contributed by atoms with Gasteiger partial charge in [-0.15, -0.1) is 0 Å². The summed E-state index contributed by atoms with van der Waals surface area (Å²) in [6.07, 6.45) is 8.29. The molecule has 1 heterocycles. The van der Waals surface area contributed by atoms with Gasteiger partial charge in [-0.2, -0.15) is 0 Å². The third-order valence-corrected chi connectivity index (χ3v) is 4.23. The second-order valence-electron chi connectivity index (χ2n) is 5.68. The van der Waals surface area contributed by atoms with E-state index >= 15 is 0 Å². The lowest BCUT2D eigenvalue weighted by Gasteiger charge is -2.37. The predicted octanol–water partition coefficient (Wildman–Crippen LogP) is 2.13. The van der Waals surface area contributed by atoms with E-state index in [1.807, 2.05) is 0 Å². The Balaban J connectivity index is 1.85. The summed E-state index contributed by atoms with van der Waals surface area (Å²) < 4.78 is 5.42. The minimum absolute atomic E-state index is 0.0829. The van der Waals surface area contributed by atoms with Gasteiger partial charge in [-0.25, -0.2) is 0 Å². The monoisotopic (exact) mass is 255 g/mol. The van der Waals surface area contributed by atoms with Gasteiger partial charge in [0.2, 0.25) is 0 Å². The molecule has 2 aliphatic rings. The Morgan fingerprint density at radius 2 is 1.94 bits per heavy atom. The molecule has 1 atom stereocenters. The number of carboxylic acid groups (broad SMARTS) is 1. The Kier molecular flexibility index (Phi) is 5.45. The van der Waals surface area contributed by atoms with Crippen molar-refractivity contribution in [1.82, 2.24) is 4.90 Å². The molecule has 1 saturated carbocycles. The fraction of sp³-hybridized carbons (Fsp3) is 0.929. The van der Waals surface area contributed by atoms with Crippen LogP contribution in [0.5, 0.6) is 0 Å². The van der Waals surface area contributed by atoms with Crippen LogP contribution in [-0.4, -0.2) is 48.3 Å². The van der Waals surface area contributed by atoms with Crippen molar-refractivity contribution in [2.45, 2.75) is 51.0 Å². The number of hydrogen-bond donors (Lipinski definition) is 1. The van der Waals surface area contributed by atoms with Crippen LogP contribution in [0.1, 0.15) is 44.9 Å². The maximum absolute atomic E-state index is 10.9. The summed E-state index contributed by atoms with van der Waals surface area (Å²) in [6.45, 7) is 3.30. The van der Waals surface area contributed by atoms with E-state index in [0.29, 0.717) is 6.61 Å². The van der Waals surface area contributed by atoms with Crippen molar-refractivity contribution in [1.29, 1.82) is 0 Å². The molecule has 1 unspecified atom stereocenters. The number of ether oxygens (including phenoxy) is 1. The van der Waals surface area contributed by atoms with E-state index in [1.165, 1.54) is 38.5 Å². The van der Waals surface area contributed by atoms with Crippen molar-refractivity contribution in [3.05, 3.63) is 0 Å². The Morgan fingerprint density at radius 3 is 2.61 bits per heavy atom. The van der Waals surface area contributed by atoms with E-state index in [2.05, 4.69) is 4.90 Å². The highest BCUT2D eigenvalue weighted by molar-refractivity contribution is 5.67. The van der Waals surface area contributed by atoms with Crippen molar-refractivity contribution in [2.75, 3.05) is 26.3 Å². The van der Waals surface area contributed by atoms with E-state index in [1.54, 1.807) is 0 Å². The van der Waals surface area contributed by atoms with Crippen molar-refractivity contribution < 1.29 is 14.6 Å². The van der Waals surface area contributed by atoms with E-state index in [9.17, 15) is 4.79 Å². The molecule has 4 heteroatoms. The molecule has 1 aliphatic heterocycles. The maximum Gasteiger partial charge on any atom is 0.305 e. The topological polar surface area (TPSA) is 49.8 Å². The fourth-order valence-electron chi connectivity index (χ4n) is 3.20. The zero-order valence-corrected chi connectivity index (χ0v) is 11.1. The first kappa shape index (κ1) is 13.8. The van der Waals surface area contributed by atoms with Crippen molar-refractivity contribution in [3.63, 3.8) is 0 Å². The zero-order valence-electron chi connectivity index (χ0n) is 11.1. The quantitative estimate of drug-likeness (QED) is 0.782. The predicted molar refractivity (Wildman–Crippen MR) is 69.6 cm³/mol. The normalized spacial score (nSPS) is 27.9. The van der Waals surface area contributed by atoms with Crippen molar-refractivity contribution >= 4 is 5.97 Å². The number of nitrogens with zero attached hydrogens (tertiary/aromatic N) is 1. The number of aliphatic carboxylic acids is 1. The van der Waals surface area contributed by atoms with Crippen LogP contribution >= 0.6 is 0 Å². The van der Waals surface area contributed by atoms with Crippen LogP contribution < -0.4 is 0 Å². The van der Waals surface area contributed by atoms with Gasteiger partial charge >= 0.3 is 5.97 Å². The summed E-state index contributed by atoms with van der Waals surface area (Å²) in [5.74, 6) is 0.0539. The summed E-state index contributed by atoms with van der Waals surface area (Å²) in [7, 11) is 0. The molecule has 1 saturated heterocycles. The van der Waals surface area contributed by atoms with E-state index in [0.717, 1.165) is 25.6 Å². The first-order chi connectivity index (χ1) is 8.75. The minimum Gasteiger partial charge on any atom is -0.481 e. The Hall–Kier alpha value is -0.610. The molecule has 1 aliphatic carbocycles. The largest absolute Gasteiger partial charge is 0.481 e. The van der Waals surface area contributed by atoms with Crippen molar-refractivity contribution in [2.24, 2.45) is 5.92 Å². The van der Waals surface area contributed by atoms with Crippen LogP contribution in [-0.2, 0) is 9.53 Å². The Morgan fingerprint density at radius 1 is 1.22 bits per heavy atom. The van der Waals surface area contributed by atoms with Crippen LogP contribution in [0.3, 0.4) is 0 Å². The van der Waals surface area contributed by atoms with Crippen LogP contribution in [0.4, 0.5) is 0 Å². The number of morpholine rings is 1. The second-order valence-corrected chi connectivity index (χ2v) is 5.68. The second kappa shape index (κ2) is 7.10. The molecule has 0 aromatic carbocycles. The van der Waals surface area contributed by atoms with Gasteiger partial charge in [-0.05, 0) is 18.8 Å². The van der Waals surface area contributed by atoms with Gasteiger partial charge in [0.25, 0.3) is 0 Å². The third kappa shape index (κ3) is 4.25. The maximum atomic E-state index is 10.9. The van der Waals surface area contributed by atoms with E-state index < -0.39 is 5.97 Å². The molecule has 0 bridgehead atoms. The lowest BCUT2D eigenvalue weighted by molar-refractivity contribution is -0.140. The number of carbonyl (C=O) groups is 1. The number of hydrogen-bond acceptors (Lipinski definition) is 3. The van der Waals surface area contributed by atoms with Gasteiger partial charge in [0.1, 0.15) is 0 Å². The lowest BCUT2D eigenvalue weighted by Crippen LogP contribution is -2.48. The highest BCUT2D eigenvalue weighted by atomic mass is 16.5. The first-order valence-electron chi connectivity index (χ1n) is 7.29. The van der Waals surface area contributed by atoms with Crippen molar-refractivity contribution in [3.8, 4) is 0 Å². The van der Waals surface area contributed by atoms with Gasteiger partial charge in [0.15, 0.2) is 0 Å². The molecule has 18 heavy (non-hydrogen) atoms. The molecule has 1 N–H and O–H groups in total. The first-order valence-corrected chi connectivity index (χ1v) is 7.29. The smallest absolute Gasteiger partial charge is 0.305 e. The van der Waals surface area contributed by atoms with Gasteiger partial charge in [-0.3, -0.25) is 9.69 Å². The molecule has 2 fully saturated rings. The Labute approximate surface area is 109 Å². The fourth-order valence-corrected chi connectivity index (χ4v) is 3.20. The zero-order chi connectivity index (χ0) is 12.8. The SMILES string of the molecule is O=C(O)CC1COCCN1CC1CCCCCC1. The third-order valence-electron chi connectivity index (χ3n) is 4.23. The van der Waals surface area contributed by atoms with E-state index in [4.69, 9.17) is 9.84 Å². The molecule has 0 aromatic rings. The van der Waals surface area contributed by atoms with Crippen LogP contribution in [0.25, 0.3) is 0 Å². The lowest BCUT2D eigenvalue weighted by atomic mass is 9.98. The molecule has 4 nitrogen and oxygen atoms in total. The van der Waals surface area contributed by atoms with Gasteiger partial charge in [0, 0.05) is 19.1 Å². The molecule has 104 valence electrons. The summed E-state index contributed by atoms with van der Waals surface area (Å²) in [5.41, 5.74) is 0. The van der Waals surface area contributed by atoms with Crippen LogP contribution in [0.15, 0.2) is 0 Å². The van der Waals surface area contributed by atoms with Gasteiger partial charge in [-0.1, -0.05) is 25.7 Å². The average Bonchev–Trinajstić information content (AvgIpc) is 2.60. The molecular formula is C14H25NO3. The molecular weight excluding hydrogens is 230 g/mol. The van der Waals surface area contributed by atoms with Crippen LogP contribution in [0, 0.1) is 5.92 Å². The summed E-state index contributed by atoms with van der Waals surface area (Å²) in [4.78, 5) is 13.2. The average molecular weight is 255 g/mol. The Bertz CT molecular complexity index is 262. The molecule has 2 rings (SSSR count).